The molecule has 1 aliphatic carbocycles. The zero-order chi connectivity index (χ0) is 7.40. The van der Waals surface area contributed by atoms with E-state index in [-0.39, 0.29) is 6.04 Å². The minimum Gasteiger partial charge on any atom is -0.497 e. The molecule has 0 spiro atoms. The molecule has 0 aromatic rings. The lowest BCUT2D eigenvalue weighted by atomic mass is 10.1. The van der Waals surface area contributed by atoms with Crippen LogP contribution in [0.4, 0.5) is 0 Å². The molecule has 0 aromatic heterocycles. The minimum absolute atomic E-state index is 0.249. The van der Waals surface area contributed by atoms with Crippen molar-refractivity contribution in [2.24, 2.45) is 4.99 Å². The van der Waals surface area contributed by atoms with Gasteiger partial charge < -0.3 is 4.74 Å². The highest BCUT2D eigenvalue weighted by molar-refractivity contribution is 5.28. The molecule has 0 N–H and O–H groups in total. The topological polar surface area (TPSA) is 21.6 Å². The summed E-state index contributed by atoms with van der Waals surface area (Å²) < 4.78 is 5.00. The first-order valence-electron chi connectivity index (χ1n) is 3.25. The molecule has 1 atom stereocenters. The summed E-state index contributed by atoms with van der Waals surface area (Å²) in [7, 11) is 1.66. The molecule has 2 nitrogen and oxygen atoms in total. The van der Waals surface area contributed by atoms with E-state index in [9.17, 15) is 0 Å². The van der Waals surface area contributed by atoms with Gasteiger partial charge in [0.05, 0.1) is 13.2 Å². The molecule has 0 saturated carbocycles. The maximum absolute atomic E-state index is 5.00. The summed E-state index contributed by atoms with van der Waals surface area (Å²) in [5, 5.41) is 0. The van der Waals surface area contributed by atoms with Gasteiger partial charge in [-0.1, -0.05) is 6.08 Å². The first-order chi connectivity index (χ1) is 4.86. The Morgan fingerprint density at radius 1 is 1.80 bits per heavy atom. The van der Waals surface area contributed by atoms with Crippen molar-refractivity contribution < 1.29 is 4.74 Å². The average Bonchev–Trinajstić information content (AvgIpc) is 2.05. The second-order valence-corrected chi connectivity index (χ2v) is 2.16. The van der Waals surface area contributed by atoms with Gasteiger partial charge in [-0.05, 0) is 25.3 Å². The van der Waals surface area contributed by atoms with Gasteiger partial charge in [0.1, 0.15) is 5.76 Å². The third kappa shape index (κ3) is 1.47. The molecule has 1 aliphatic rings. The maximum atomic E-state index is 5.00. The lowest BCUT2D eigenvalue weighted by Gasteiger charge is -2.09. The number of methoxy groups -OCH3 is 1. The molecule has 0 aromatic carbocycles. The van der Waals surface area contributed by atoms with Crippen molar-refractivity contribution in [3.05, 3.63) is 24.0 Å². The van der Waals surface area contributed by atoms with Gasteiger partial charge in [0.15, 0.2) is 0 Å². The van der Waals surface area contributed by atoms with Crippen molar-refractivity contribution in [3.8, 4) is 0 Å². The summed E-state index contributed by atoms with van der Waals surface area (Å²) in [6.07, 6.45) is 6.83. The molecule has 54 valence electrons. The van der Waals surface area contributed by atoms with Crippen molar-refractivity contribution in [2.45, 2.75) is 12.5 Å². The lowest BCUT2D eigenvalue weighted by molar-refractivity contribution is 0.303. The van der Waals surface area contributed by atoms with Crippen LogP contribution in [0.5, 0.6) is 0 Å². The van der Waals surface area contributed by atoms with Crippen molar-refractivity contribution in [1.82, 2.24) is 0 Å². The number of nitrogens with zero attached hydrogens (tertiary/aromatic N) is 1. The quantitative estimate of drug-likeness (QED) is 0.529. The van der Waals surface area contributed by atoms with Crippen LogP contribution in [0.25, 0.3) is 0 Å². The van der Waals surface area contributed by atoms with Gasteiger partial charge in [-0.25, -0.2) is 0 Å². The zero-order valence-corrected chi connectivity index (χ0v) is 6.08. The van der Waals surface area contributed by atoms with Crippen LogP contribution < -0.4 is 0 Å². The standard InChI is InChI=1S/C8H11NO/c1-9-7-3-5-8(10-2)6-4-7/h3,5-7H,1,4H2,2H3. The van der Waals surface area contributed by atoms with Crippen LogP contribution in [0.3, 0.4) is 0 Å². The van der Waals surface area contributed by atoms with Crippen LogP contribution in [-0.2, 0) is 4.74 Å². The Morgan fingerprint density at radius 3 is 3.00 bits per heavy atom. The molecule has 0 amide bonds. The number of ether oxygens (including phenoxy) is 1. The zero-order valence-electron chi connectivity index (χ0n) is 6.08. The molecular weight excluding hydrogens is 126 g/mol. The number of rotatable bonds is 2. The summed E-state index contributed by atoms with van der Waals surface area (Å²) >= 11 is 0. The average molecular weight is 137 g/mol. The summed E-state index contributed by atoms with van der Waals surface area (Å²) in [6, 6.07) is 0.249. The largest absolute Gasteiger partial charge is 0.497 e. The van der Waals surface area contributed by atoms with E-state index in [0.29, 0.717) is 0 Å². The van der Waals surface area contributed by atoms with Gasteiger partial charge >= 0.3 is 0 Å². The molecule has 0 radical (unpaired) electrons. The summed E-state index contributed by atoms with van der Waals surface area (Å²) in [6.45, 7) is 3.46. The fourth-order valence-corrected chi connectivity index (χ4v) is 0.876. The molecular formula is C8H11NO. The van der Waals surface area contributed by atoms with Crippen LogP contribution in [0, 0.1) is 0 Å². The number of aliphatic imine (C=N–C) groups is 1. The van der Waals surface area contributed by atoms with E-state index in [1.54, 1.807) is 7.11 Å². The van der Waals surface area contributed by atoms with Crippen LogP contribution in [0.15, 0.2) is 29.0 Å². The van der Waals surface area contributed by atoms with E-state index in [0.717, 1.165) is 12.2 Å². The highest BCUT2D eigenvalue weighted by atomic mass is 16.5. The molecule has 1 unspecified atom stereocenters. The summed E-state index contributed by atoms with van der Waals surface area (Å²) in [5.41, 5.74) is 0. The van der Waals surface area contributed by atoms with Crippen LogP contribution in [-0.4, -0.2) is 19.9 Å². The SMILES string of the molecule is C=NC1C=CC(OC)=CC1. The van der Waals surface area contributed by atoms with Crippen LogP contribution in [0.1, 0.15) is 6.42 Å². The summed E-state index contributed by atoms with van der Waals surface area (Å²) in [4.78, 5) is 3.88. The number of hydrogen-bond acceptors (Lipinski definition) is 2. The second kappa shape index (κ2) is 3.20. The summed E-state index contributed by atoms with van der Waals surface area (Å²) in [5.74, 6) is 0.917. The predicted molar refractivity (Wildman–Crippen MR) is 42.2 cm³/mol. The first kappa shape index (κ1) is 7.06. The Kier molecular flexibility index (Phi) is 2.26. The molecule has 0 aliphatic heterocycles. The third-order valence-corrected chi connectivity index (χ3v) is 1.51. The van der Waals surface area contributed by atoms with E-state index >= 15 is 0 Å². The lowest BCUT2D eigenvalue weighted by Crippen LogP contribution is -2.02. The Morgan fingerprint density at radius 2 is 2.60 bits per heavy atom. The fourth-order valence-electron chi connectivity index (χ4n) is 0.876. The Balaban J connectivity index is 2.54. The molecule has 0 saturated heterocycles. The molecule has 0 heterocycles. The fraction of sp³-hybridized carbons (Fsp3) is 0.375. The van der Waals surface area contributed by atoms with Crippen LogP contribution >= 0.6 is 0 Å². The van der Waals surface area contributed by atoms with Crippen molar-refractivity contribution in [2.75, 3.05) is 7.11 Å². The number of allylic oxidation sites excluding steroid dienone is 1. The smallest absolute Gasteiger partial charge is 0.114 e. The maximum Gasteiger partial charge on any atom is 0.114 e. The number of hydrogen-bond donors (Lipinski definition) is 0. The Hall–Kier alpha value is -1.05. The van der Waals surface area contributed by atoms with Gasteiger partial charge in [0, 0.05) is 0 Å². The first-order valence-corrected chi connectivity index (χ1v) is 3.25. The molecule has 0 bridgehead atoms. The predicted octanol–water partition coefficient (Wildman–Crippen LogP) is 1.55. The second-order valence-electron chi connectivity index (χ2n) is 2.16. The van der Waals surface area contributed by atoms with Gasteiger partial charge in [0.25, 0.3) is 0 Å². The van der Waals surface area contributed by atoms with Crippen molar-refractivity contribution in [3.63, 3.8) is 0 Å². The van der Waals surface area contributed by atoms with E-state index < -0.39 is 0 Å². The molecule has 10 heavy (non-hydrogen) atoms. The van der Waals surface area contributed by atoms with Gasteiger partial charge in [-0.3, -0.25) is 4.99 Å². The van der Waals surface area contributed by atoms with Crippen molar-refractivity contribution >= 4 is 6.72 Å². The molecule has 0 fully saturated rings. The van der Waals surface area contributed by atoms with E-state index in [1.165, 1.54) is 0 Å². The minimum atomic E-state index is 0.249. The Bertz CT molecular complexity index is 182. The van der Waals surface area contributed by atoms with Gasteiger partial charge in [0.2, 0.25) is 0 Å². The van der Waals surface area contributed by atoms with E-state index in [4.69, 9.17) is 4.74 Å². The molecule has 2 heteroatoms. The third-order valence-electron chi connectivity index (χ3n) is 1.51. The van der Waals surface area contributed by atoms with Crippen LogP contribution in [0.2, 0.25) is 0 Å². The highest BCUT2D eigenvalue weighted by Crippen LogP contribution is 2.12. The van der Waals surface area contributed by atoms with Crippen molar-refractivity contribution in [1.29, 1.82) is 0 Å². The van der Waals surface area contributed by atoms with Gasteiger partial charge in [-0.2, -0.15) is 0 Å². The molecule has 1 rings (SSSR count). The monoisotopic (exact) mass is 137 g/mol. The highest BCUT2D eigenvalue weighted by Gasteiger charge is 2.04. The normalized spacial score (nSPS) is 23.7. The Labute approximate surface area is 60.9 Å². The van der Waals surface area contributed by atoms with E-state index in [1.807, 2.05) is 18.2 Å². The van der Waals surface area contributed by atoms with E-state index in [2.05, 4.69) is 11.7 Å². The van der Waals surface area contributed by atoms with Gasteiger partial charge in [-0.15, -0.1) is 0 Å².